The van der Waals surface area contributed by atoms with Crippen LogP contribution in [0.5, 0.6) is 0 Å². The molecule has 138 valence electrons. The smallest absolute Gasteiger partial charge is 0.854 e. The first-order valence-electron chi connectivity index (χ1n) is 9.73. The molecule has 0 amide bonds. The fraction of sp³-hybridized carbons (Fsp3) is 0.714. The minimum atomic E-state index is -0.148. The summed E-state index contributed by atoms with van der Waals surface area (Å²) in [6.07, 6.45) is 14.5. The summed E-state index contributed by atoms with van der Waals surface area (Å²) in [7, 11) is 0. The third-order valence-corrected chi connectivity index (χ3v) is 4.35. The molecule has 0 radical (unpaired) electrons. The van der Waals surface area contributed by atoms with Gasteiger partial charge in [-0.3, -0.25) is 0 Å². The van der Waals surface area contributed by atoms with Gasteiger partial charge in [-0.15, -0.1) is 6.61 Å². The quantitative estimate of drug-likeness (QED) is 0.327. The molecule has 1 aromatic rings. The molecule has 0 aliphatic heterocycles. The van der Waals surface area contributed by atoms with Gasteiger partial charge in [0.05, 0.1) is 0 Å². The number of aryl methyl sites for hydroxylation is 1. The van der Waals surface area contributed by atoms with Crippen LogP contribution < -0.4 is 56.5 Å². The molecule has 1 rings (SSSR count). The fourth-order valence-electron chi connectivity index (χ4n) is 2.86. The van der Waals surface area contributed by atoms with E-state index in [1.165, 1.54) is 63.4 Å². The zero-order valence-electron chi connectivity index (χ0n) is 16.1. The Hall–Kier alpha value is 0.706. The zero-order chi connectivity index (χ0) is 17.3. The maximum absolute atomic E-state index is 12.8. The van der Waals surface area contributed by atoms with Crippen LogP contribution in [0.4, 0.5) is 4.39 Å². The zero-order valence-corrected chi connectivity index (χ0v) is 19.2. The van der Waals surface area contributed by atoms with Crippen LogP contribution in [0.2, 0.25) is 0 Å². The van der Waals surface area contributed by atoms with Crippen LogP contribution in [0.15, 0.2) is 24.3 Å². The molecule has 0 aliphatic rings. The third kappa shape index (κ3) is 16.6. The molecule has 2 nitrogen and oxygen atoms in total. The van der Waals surface area contributed by atoms with Gasteiger partial charge < -0.3 is 9.84 Å². The number of benzene rings is 1. The van der Waals surface area contributed by atoms with Gasteiger partial charge in [0, 0.05) is 13.2 Å². The molecule has 0 fully saturated rings. The van der Waals surface area contributed by atoms with E-state index < -0.39 is 0 Å². The molecule has 0 atom stereocenters. The minimum absolute atomic E-state index is 0. The van der Waals surface area contributed by atoms with Crippen molar-refractivity contribution in [1.29, 1.82) is 0 Å². The van der Waals surface area contributed by atoms with Gasteiger partial charge in [0.2, 0.25) is 0 Å². The average Bonchev–Trinajstić information content (AvgIpc) is 2.60. The van der Waals surface area contributed by atoms with E-state index >= 15 is 0 Å². The molecule has 0 aromatic heterocycles. The molecule has 0 spiro atoms. The predicted molar refractivity (Wildman–Crippen MR) is 96.6 cm³/mol. The summed E-state index contributed by atoms with van der Waals surface area (Å²) >= 11 is 0. The fourth-order valence-corrected chi connectivity index (χ4v) is 2.86. The van der Waals surface area contributed by atoms with Gasteiger partial charge in [-0.1, -0.05) is 63.5 Å². The second-order valence-electron chi connectivity index (χ2n) is 6.58. The van der Waals surface area contributed by atoms with Gasteiger partial charge in [-0.2, -0.15) is 0 Å². The van der Waals surface area contributed by atoms with E-state index in [4.69, 9.17) is 4.74 Å². The van der Waals surface area contributed by atoms with E-state index in [1.54, 1.807) is 12.1 Å². The molecule has 0 bridgehead atoms. The maximum atomic E-state index is 12.8. The van der Waals surface area contributed by atoms with Gasteiger partial charge in [0.25, 0.3) is 0 Å². The predicted octanol–water partition coefficient (Wildman–Crippen LogP) is 2.04. The van der Waals surface area contributed by atoms with Crippen molar-refractivity contribution in [1.82, 2.24) is 0 Å². The van der Waals surface area contributed by atoms with Gasteiger partial charge in [0.1, 0.15) is 5.82 Å². The topological polar surface area (TPSA) is 32.3 Å². The molecule has 0 N–H and O–H groups in total. The van der Waals surface area contributed by atoms with Crippen LogP contribution in [0.25, 0.3) is 0 Å². The second-order valence-corrected chi connectivity index (χ2v) is 6.58. The van der Waals surface area contributed by atoms with Crippen molar-refractivity contribution in [3.8, 4) is 0 Å². The number of unbranched alkanes of at least 4 members (excludes halogenated alkanes) is 9. The molecule has 0 unspecified atom stereocenters. The Morgan fingerprint density at radius 3 is 1.72 bits per heavy atom. The summed E-state index contributed by atoms with van der Waals surface area (Å²) in [4.78, 5) is 0. The molecule has 1 aromatic carbocycles. The summed E-state index contributed by atoms with van der Waals surface area (Å²) in [5.41, 5.74) is 1.24. The van der Waals surface area contributed by atoms with Crippen LogP contribution in [0.3, 0.4) is 0 Å². The van der Waals surface area contributed by atoms with Gasteiger partial charge >= 0.3 is 51.4 Å². The van der Waals surface area contributed by atoms with Crippen molar-refractivity contribution in [3.63, 3.8) is 0 Å². The first-order valence-corrected chi connectivity index (χ1v) is 9.73. The molecule has 0 aliphatic carbocycles. The van der Waals surface area contributed by atoms with Gasteiger partial charge in [-0.25, -0.2) is 4.39 Å². The minimum Gasteiger partial charge on any atom is -0.854 e. The normalized spacial score (nSPS) is 10.6. The molecule has 0 heterocycles. The van der Waals surface area contributed by atoms with Gasteiger partial charge in [-0.05, 0) is 43.4 Å². The Labute approximate surface area is 196 Å². The van der Waals surface area contributed by atoms with Crippen LogP contribution in [-0.2, 0) is 11.2 Å². The number of rotatable bonds is 16. The Bertz CT molecular complexity index is 384. The van der Waals surface area contributed by atoms with E-state index in [0.29, 0.717) is 13.0 Å². The van der Waals surface area contributed by atoms with Crippen molar-refractivity contribution in [3.05, 3.63) is 35.6 Å². The number of hydrogen-bond donors (Lipinski definition) is 0. The van der Waals surface area contributed by atoms with E-state index in [1.807, 2.05) is 12.1 Å². The molecule has 0 saturated carbocycles. The van der Waals surface area contributed by atoms with E-state index in [2.05, 4.69) is 0 Å². The first-order chi connectivity index (χ1) is 11.8. The van der Waals surface area contributed by atoms with E-state index in [9.17, 15) is 9.50 Å². The van der Waals surface area contributed by atoms with Crippen molar-refractivity contribution in [2.45, 2.75) is 77.0 Å². The van der Waals surface area contributed by atoms with Gasteiger partial charge in [0.15, 0.2) is 0 Å². The molecule has 25 heavy (non-hydrogen) atoms. The summed E-state index contributed by atoms with van der Waals surface area (Å²) < 4.78 is 18.2. The Morgan fingerprint density at radius 1 is 0.680 bits per heavy atom. The first kappa shape index (κ1) is 25.7. The monoisotopic (exact) mass is 376 g/mol. The summed E-state index contributed by atoms with van der Waals surface area (Å²) in [6.45, 7) is 1.42. The van der Waals surface area contributed by atoms with Crippen molar-refractivity contribution >= 4 is 0 Å². The molecular weight excluding hydrogens is 342 g/mol. The van der Waals surface area contributed by atoms with E-state index in [0.717, 1.165) is 19.4 Å². The van der Waals surface area contributed by atoms with Crippen molar-refractivity contribution in [2.24, 2.45) is 0 Å². The third-order valence-electron chi connectivity index (χ3n) is 4.35. The Morgan fingerprint density at radius 2 is 1.16 bits per heavy atom. The van der Waals surface area contributed by atoms with E-state index in [-0.39, 0.29) is 63.8 Å². The van der Waals surface area contributed by atoms with Crippen LogP contribution in [0, 0.1) is 5.82 Å². The Kier molecular flexibility index (Phi) is 20.0. The largest absolute Gasteiger partial charge is 1.00 e. The van der Waals surface area contributed by atoms with Crippen molar-refractivity contribution < 1.29 is 65.6 Å². The number of ether oxygens (including phenoxy) is 1. The summed E-state index contributed by atoms with van der Waals surface area (Å²) in [5, 5.41) is 10.2. The summed E-state index contributed by atoms with van der Waals surface area (Å²) in [5.74, 6) is -0.148. The average molecular weight is 377 g/mol. The standard InChI is InChI=1S/C21H34FO2.K/c22-21-15-13-20(14-16-21)12-9-7-5-3-1-2-4-6-8-10-18-24-19-11-17-23;/h13-16H,1-12,17-19H2;/q-1;+1. The molecular formula is C21H34FKO2. The molecule has 4 heteroatoms. The second kappa shape index (κ2) is 19.5. The summed E-state index contributed by atoms with van der Waals surface area (Å²) in [6, 6.07) is 6.89. The van der Waals surface area contributed by atoms with Crippen LogP contribution >= 0.6 is 0 Å². The maximum Gasteiger partial charge on any atom is 1.00 e. The van der Waals surface area contributed by atoms with Crippen molar-refractivity contribution in [2.75, 3.05) is 19.8 Å². The van der Waals surface area contributed by atoms with Crippen LogP contribution in [-0.4, -0.2) is 19.8 Å². The Balaban J connectivity index is 0.00000576. The number of hydrogen-bond acceptors (Lipinski definition) is 2. The van der Waals surface area contributed by atoms with Crippen LogP contribution in [0.1, 0.15) is 76.2 Å². The number of halogens is 1. The SMILES string of the molecule is [K+].[O-]CCCOCCCCCCCCCCCCc1ccc(F)cc1. The molecule has 0 saturated heterocycles.